The molecule has 2 amide bonds. The van der Waals surface area contributed by atoms with Crippen molar-refractivity contribution < 1.29 is 19.4 Å². The van der Waals surface area contributed by atoms with Crippen LogP contribution in [0.15, 0.2) is 35.9 Å². The summed E-state index contributed by atoms with van der Waals surface area (Å²) < 4.78 is 5.33. The van der Waals surface area contributed by atoms with Gasteiger partial charge in [-0.25, -0.2) is 9.80 Å². The van der Waals surface area contributed by atoms with Crippen LogP contribution < -0.4 is 10.7 Å². The molecule has 206 valence electrons. The Balaban J connectivity index is 1.14. The van der Waals surface area contributed by atoms with Gasteiger partial charge < -0.3 is 15.2 Å². The molecule has 2 fully saturated rings. The zero-order valence-corrected chi connectivity index (χ0v) is 22.0. The van der Waals surface area contributed by atoms with Gasteiger partial charge in [-0.15, -0.1) is 0 Å². The van der Waals surface area contributed by atoms with Crippen LogP contribution in [0.25, 0.3) is 16.8 Å². The number of morpholine rings is 1. The number of allylic oxidation sites excluding steroid dienone is 3. The molecule has 3 heterocycles. The molecule has 39 heavy (non-hydrogen) atoms. The Morgan fingerprint density at radius 1 is 1.03 bits per heavy atom. The maximum Gasteiger partial charge on any atom is 0.333 e. The molecule has 0 saturated carbocycles. The number of nitrogens with zero attached hydrogens (tertiary/aromatic N) is 4. The second-order valence-electron chi connectivity index (χ2n) is 10.4. The summed E-state index contributed by atoms with van der Waals surface area (Å²) in [6.07, 6.45) is 6.03. The van der Waals surface area contributed by atoms with E-state index in [0.717, 1.165) is 63.2 Å². The maximum atomic E-state index is 13.7. The minimum atomic E-state index is -0.380. The highest BCUT2D eigenvalue weighted by atomic mass is 16.5. The molecule has 11 heteroatoms. The first-order valence-electron chi connectivity index (χ1n) is 13.7. The van der Waals surface area contributed by atoms with Crippen molar-refractivity contribution in [3.8, 4) is 11.3 Å². The number of aliphatic hydroxyl groups is 1. The molecule has 0 atom stereocenters. The molecular weight excluding hydrogens is 498 g/mol. The van der Waals surface area contributed by atoms with E-state index in [0.29, 0.717) is 54.5 Å². The number of carbonyl (C=O) groups is 2. The largest absolute Gasteiger partial charge is 0.395 e. The molecular formula is C28H35N7O4. The highest BCUT2D eigenvalue weighted by Gasteiger charge is 2.35. The van der Waals surface area contributed by atoms with Crippen LogP contribution in [0.5, 0.6) is 0 Å². The van der Waals surface area contributed by atoms with Gasteiger partial charge in [0.15, 0.2) is 5.78 Å². The molecule has 1 aromatic heterocycles. The Kier molecular flexibility index (Phi) is 7.58. The predicted molar refractivity (Wildman–Crippen MR) is 147 cm³/mol. The van der Waals surface area contributed by atoms with Gasteiger partial charge in [-0.3, -0.25) is 25.1 Å². The number of carbonyl (C=O) groups excluding carboxylic acids is 2. The number of nitrogens with one attached hydrogen (secondary N) is 3. The lowest BCUT2D eigenvalue weighted by Crippen LogP contribution is -2.49. The molecule has 4 N–H and O–H groups in total. The zero-order valence-electron chi connectivity index (χ0n) is 22.0. The van der Waals surface area contributed by atoms with Crippen LogP contribution >= 0.6 is 0 Å². The molecule has 2 aromatic rings. The Labute approximate surface area is 227 Å². The van der Waals surface area contributed by atoms with Crippen molar-refractivity contribution in [2.45, 2.75) is 12.8 Å². The summed E-state index contributed by atoms with van der Waals surface area (Å²) in [5.74, 6) is -0.123. The van der Waals surface area contributed by atoms with Crippen LogP contribution in [-0.4, -0.2) is 114 Å². The number of benzene rings is 1. The van der Waals surface area contributed by atoms with Crippen LogP contribution in [0, 0.1) is 0 Å². The number of ether oxygens (including phenoxy) is 1. The summed E-state index contributed by atoms with van der Waals surface area (Å²) in [6.45, 7) is 8.27. The number of aliphatic hydroxyl groups excluding tert-OH is 1. The highest BCUT2D eigenvalue weighted by molar-refractivity contribution is 6.26. The lowest BCUT2D eigenvalue weighted by molar-refractivity contribution is 0.0207. The Bertz CT molecular complexity index is 1300. The SMILES string of the molecule is O=C(Nc1cccc2c1C(=O)c1c(C3=CC=C(CN4CCN(CCO)CC4)CC3)n[nH]c1-2)NN1CCOCC1. The van der Waals surface area contributed by atoms with E-state index in [1.807, 2.05) is 17.1 Å². The molecule has 4 aliphatic rings. The first kappa shape index (κ1) is 25.9. The summed E-state index contributed by atoms with van der Waals surface area (Å²) >= 11 is 0. The minimum Gasteiger partial charge on any atom is -0.395 e. The quantitative estimate of drug-likeness (QED) is 0.362. The number of anilines is 1. The molecule has 2 aliphatic carbocycles. The third-order valence-electron chi connectivity index (χ3n) is 7.92. The molecule has 6 rings (SSSR count). The molecule has 0 bridgehead atoms. The molecule has 0 radical (unpaired) electrons. The number of ketones is 1. The number of hydrogen-bond donors (Lipinski definition) is 4. The minimum absolute atomic E-state index is 0.123. The number of hydrazine groups is 1. The molecule has 11 nitrogen and oxygen atoms in total. The number of fused-ring (bicyclic) bond motifs is 3. The number of H-pyrrole nitrogens is 1. The van der Waals surface area contributed by atoms with E-state index in [1.165, 1.54) is 5.57 Å². The fourth-order valence-electron chi connectivity index (χ4n) is 5.80. The highest BCUT2D eigenvalue weighted by Crippen LogP contribution is 2.43. The van der Waals surface area contributed by atoms with Crippen LogP contribution in [0.1, 0.15) is 34.5 Å². The number of urea groups is 1. The Hall–Kier alpha value is -3.35. The van der Waals surface area contributed by atoms with E-state index in [-0.39, 0.29) is 18.4 Å². The standard InChI is InChI=1S/C28H35N7O4/c36-15-12-33-8-10-34(11-9-33)18-19-4-6-20(7-5-19)25-24-26(31-30-25)21-2-1-3-22(23(21)27(24)37)29-28(38)32-35-13-16-39-17-14-35/h1-4,6,36H,5,7-18H2,(H,30,31)(H2,29,32,38). The van der Waals surface area contributed by atoms with Gasteiger partial charge in [-0.1, -0.05) is 29.9 Å². The van der Waals surface area contributed by atoms with Crippen molar-refractivity contribution in [3.05, 3.63) is 52.7 Å². The van der Waals surface area contributed by atoms with E-state index >= 15 is 0 Å². The van der Waals surface area contributed by atoms with Gasteiger partial charge in [0.1, 0.15) is 0 Å². The summed E-state index contributed by atoms with van der Waals surface area (Å²) in [7, 11) is 0. The third-order valence-corrected chi connectivity index (χ3v) is 7.92. The van der Waals surface area contributed by atoms with Gasteiger partial charge in [0.2, 0.25) is 0 Å². The van der Waals surface area contributed by atoms with Crippen molar-refractivity contribution in [1.29, 1.82) is 0 Å². The normalized spacial score (nSPS) is 20.3. The van der Waals surface area contributed by atoms with E-state index in [4.69, 9.17) is 9.84 Å². The molecule has 2 aliphatic heterocycles. The molecule has 0 unspecified atom stereocenters. The van der Waals surface area contributed by atoms with Gasteiger partial charge in [-0.05, 0) is 24.5 Å². The van der Waals surface area contributed by atoms with Gasteiger partial charge in [0, 0.05) is 57.9 Å². The second-order valence-corrected chi connectivity index (χ2v) is 10.4. The maximum absolute atomic E-state index is 13.7. The van der Waals surface area contributed by atoms with E-state index in [2.05, 4.69) is 42.9 Å². The molecule has 1 aromatic carbocycles. The van der Waals surface area contributed by atoms with Crippen LogP contribution in [-0.2, 0) is 4.74 Å². The van der Waals surface area contributed by atoms with Crippen molar-refractivity contribution in [2.24, 2.45) is 0 Å². The molecule has 2 saturated heterocycles. The summed E-state index contributed by atoms with van der Waals surface area (Å²) in [5.41, 5.74) is 8.98. The summed E-state index contributed by atoms with van der Waals surface area (Å²) in [4.78, 5) is 31.1. The number of piperazine rings is 1. The lowest BCUT2D eigenvalue weighted by atomic mass is 9.93. The number of amides is 2. The van der Waals surface area contributed by atoms with Gasteiger partial charge in [0.25, 0.3) is 0 Å². The van der Waals surface area contributed by atoms with E-state index in [1.54, 1.807) is 6.07 Å². The average Bonchev–Trinajstić information content (AvgIpc) is 3.51. The smallest absolute Gasteiger partial charge is 0.333 e. The van der Waals surface area contributed by atoms with Crippen LogP contribution in [0.2, 0.25) is 0 Å². The van der Waals surface area contributed by atoms with E-state index < -0.39 is 0 Å². The lowest BCUT2D eigenvalue weighted by Gasteiger charge is -2.35. The van der Waals surface area contributed by atoms with Crippen molar-refractivity contribution >= 4 is 23.1 Å². The van der Waals surface area contributed by atoms with Crippen LogP contribution in [0.4, 0.5) is 10.5 Å². The fourth-order valence-corrected chi connectivity index (χ4v) is 5.80. The van der Waals surface area contributed by atoms with E-state index in [9.17, 15) is 9.59 Å². The summed E-state index contributed by atoms with van der Waals surface area (Å²) in [5, 5.41) is 21.5. The number of aromatic nitrogens is 2. The summed E-state index contributed by atoms with van der Waals surface area (Å²) in [6, 6.07) is 5.10. The number of aromatic amines is 1. The van der Waals surface area contributed by atoms with Gasteiger partial charge in [0.05, 0.1) is 48.0 Å². The number of β-amino-alcohol motifs (C(OH)–C–C–N with tert-alkyl or cyclic N) is 1. The number of hydrogen-bond acceptors (Lipinski definition) is 8. The van der Waals surface area contributed by atoms with Crippen molar-refractivity contribution in [1.82, 2.24) is 30.4 Å². The van der Waals surface area contributed by atoms with Gasteiger partial charge in [-0.2, -0.15) is 5.10 Å². The Morgan fingerprint density at radius 2 is 1.82 bits per heavy atom. The second kappa shape index (κ2) is 11.4. The zero-order chi connectivity index (χ0) is 26.8. The first-order valence-corrected chi connectivity index (χ1v) is 13.7. The van der Waals surface area contributed by atoms with Crippen LogP contribution in [0.3, 0.4) is 0 Å². The monoisotopic (exact) mass is 533 g/mol. The third kappa shape index (κ3) is 5.41. The first-order chi connectivity index (χ1) is 19.1. The average molecular weight is 534 g/mol. The van der Waals surface area contributed by atoms with Crippen molar-refractivity contribution in [2.75, 3.05) is 77.5 Å². The predicted octanol–water partition coefficient (Wildman–Crippen LogP) is 1.70. The van der Waals surface area contributed by atoms with Crippen molar-refractivity contribution in [3.63, 3.8) is 0 Å². The van der Waals surface area contributed by atoms with Gasteiger partial charge >= 0.3 is 6.03 Å². The molecule has 0 spiro atoms. The topological polar surface area (TPSA) is 126 Å². The number of rotatable bonds is 7. The fraction of sp³-hybridized carbons (Fsp3) is 0.464. The Morgan fingerprint density at radius 3 is 2.56 bits per heavy atom.